The molecule has 7 aromatic rings. The summed E-state index contributed by atoms with van der Waals surface area (Å²) in [7, 11) is 0. The monoisotopic (exact) mass is 665 g/mol. The third-order valence-electron chi connectivity index (χ3n) is 9.05. The van der Waals surface area contributed by atoms with Crippen molar-refractivity contribution in [3.8, 4) is 0 Å². The van der Waals surface area contributed by atoms with Crippen molar-refractivity contribution in [1.29, 1.82) is 0 Å². The highest BCUT2D eigenvalue weighted by Crippen LogP contribution is 2.33. The fourth-order valence-electron chi connectivity index (χ4n) is 6.69. The number of carbonyl (C=O) groups is 1. The lowest BCUT2D eigenvalue weighted by molar-refractivity contribution is -0.384. The molecular formula is C42H43N5O3. The lowest BCUT2D eigenvalue weighted by atomic mass is 9.93. The van der Waals surface area contributed by atoms with Crippen LogP contribution in [0.1, 0.15) is 80.0 Å². The molecule has 3 aromatic carbocycles. The first kappa shape index (κ1) is 35.7. The van der Waals surface area contributed by atoms with Crippen LogP contribution >= 0.6 is 0 Å². The first-order valence-electron chi connectivity index (χ1n) is 17.3. The Bertz CT molecular complexity index is 2320. The van der Waals surface area contributed by atoms with Crippen LogP contribution in [0.25, 0.3) is 43.6 Å². The van der Waals surface area contributed by atoms with Gasteiger partial charge in [0.25, 0.3) is 5.69 Å². The van der Waals surface area contributed by atoms with E-state index in [9.17, 15) is 14.9 Å². The highest BCUT2D eigenvalue weighted by Gasteiger charge is 2.16. The summed E-state index contributed by atoms with van der Waals surface area (Å²) in [5.74, 6) is -0.0152. The second-order valence-electron chi connectivity index (χ2n) is 11.9. The first-order chi connectivity index (χ1) is 24.3. The molecule has 0 atom stereocenters. The van der Waals surface area contributed by atoms with E-state index in [2.05, 4.69) is 73.8 Å². The SMILES string of the molecule is CCc1c(CC)c2ccc(C(C)=O)nc2c2ncccc12.CCc1ccc2c(CC)c(CC)c3cccnc3c2n1.O=[N+]([O-])c1ccccc1. The van der Waals surface area contributed by atoms with Crippen molar-refractivity contribution in [2.75, 3.05) is 0 Å². The van der Waals surface area contributed by atoms with Gasteiger partial charge in [-0.1, -0.05) is 77.1 Å². The van der Waals surface area contributed by atoms with E-state index >= 15 is 0 Å². The molecule has 0 N–H and O–H groups in total. The van der Waals surface area contributed by atoms with Gasteiger partial charge in [0.15, 0.2) is 5.78 Å². The molecule has 50 heavy (non-hydrogen) atoms. The molecule has 0 aliphatic rings. The van der Waals surface area contributed by atoms with Gasteiger partial charge in [-0.2, -0.15) is 0 Å². The number of benzene rings is 3. The Labute approximate surface area is 292 Å². The minimum absolute atomic E-state index is 0.0152. The number of hydrogen-bond acceptors (Lipinski definition) is 7. The van der Waals surface area contributed by atoms with Crippen molar-refractivity contribution < 1.29 is 9.72 Å². The molecule has 0 bridgehead atoms. The zero-order valence-electron chi connectivity index (χ0n) is 29.7. The summed E-state index contributed by atoms with van der Waals surface area (Å²) in [5, 5.41) is 14.8. The molecule has 0 amide bonds. The second kappa shape index (κ2) is 16.2. The predicted octanol–water partition coefficient (Wildman–Crippen LogP) is 10.2. The van der Waals surface area contributed by atoms with E-state index in [0.29, 0.717) is 5.69 Å². The first-order valence-corrected chi connectivity index (χ1v) is 17.3. The van der Waals surface area contributed by atoms with E-state index in [-0.39, 0.29) is 11.5 Å². The summed E-state index contributed by atoms with van der Waals surface area (Å²) in [6.45, 7) is 12.5. The number of nitrogens with zero attached hydrogens (tertiary/aromatic N) is 5. The number of carbonyl (C=O) groups excluding carboxylic acids is 1. The second-order valence-corrected chi connectivity index (χ2v) is 11.9. The highest BCUT2D eigenvalue weighted by atomic mass is 16.6. The van der Waals surface area contributed by atoms with Gasteiger partial charge in [-0.05, 0) is 78.6 Å². The number of rotatable bonds is 7. The minimum Gasteiger partial charge on any atom is -0.293 e. The van der Waals surface area contributed by atoms with Crippen molar-refractivity contribution in [3.63, 3.8) is 0 Å². The third-order valence-corrected chi connectivity index (χ3v) is 9.05. The molecule has 4 aromatic heterocycles. The van der Waals surface area contributed by atoms with Crippen LogP contribution in [0.5, 0.6) is 0 Å². The highest BCUT2D eigenvalue weighted by molar-refractivity contribution is 6.08. The van der Waals surface area contributed by atoms with Crippen molar-refractivity contribution >= 4 is 55.1 Å². The van der Waals surface area contributed by atoms with E-state index in [4.69, 9.17) is 4.98 Å². The van der Waals surface area contributed by atoms with E-state index in [1.165, 1.54) is 45.2 Å². The molecule has 8 nitrogen and oxygen atoms in total. The fraction of sp³-hybridized carbons (Fsp3) is 0.262. The van der Waals surface area contributed by atoms with Gasteiger partial charge in [0, 0.05) is 58.7 Å². The molecule has 0 radical (unpaired) electrons. The molecular weight excluding hydrogens is 622 g/mol. The van der Waals surface area contributed by atoms with Crippen LogP contribution in [-0.2, 0) is 32.1 Å². The van der Waals surface area contributed by atoms with Crippen molar-refractivity contribution in [2.24, 2.45) is 0 Å². The molecule has 0 saturated heterocycles. The molecule has 0 spiro atoms. The largest absolute Gasteiger partial charge is 0.293 e. The number of nitro groups is 1. The minimum atomic E-state index is -0.417. The molecule has 0 saturated carbocycles. The van der Waals surface area contributed by atoms with E-state index in [1.807, 2.05) is 30.5 Å². The van der Waals surface area contributed by atoms with E-state index in [0.717, 1.165) is 70.6 Å². The third kappa shape index (κ3) is 7.20. The average Bonchev–Trinajstić information content (AvgIpc) is 3.17. The van der Waals surface area contributed by atoms with Crippen LogP contribution in [-0.4, -0.2) is 30.6 Å². The van der Waals surface area contributed by atoms with Crippen LogP contribution in [0.3, 0.4) is 0 Å². The quantitative estimate of drug-likeness (QED) is 0.0721. The molecule has 0 fully saturated rings. The van der Waals surface area contributed by atoms with Gasteiger partial charge in [0.1, 0.15) is 5.69 Å². The van der Waals surface area contributed by atoms with E-state index in [1.54, 1.807) is 31.3 Å². The lowest BCUT2D eigenvalue weighted by Gasteiger charge is -2.14. The molecule has 0 unspecified atom stereocenters. The summed E-state index contributed by atoms with van der Waals surface area (Å²) in [6.07, 6.45) is 8.61. The maximum atomic E-state index is 11.6. The Morgan fingerprint density at radius 3 is 1.44 bits per heavy atom. The molecule has 7 rings (SSSR count). The Balaban J connectivity index is 0.000000157. The molecule has 4 heterocycles. The van der Waals surface area contributed by atoms with Gasteiger partial charge in [-0.15, -0.1) is 0 Å². The number of aromatic nitrogens is 4. The standard InChI is InChI=1S/C18H18N2O.C18H20N2.C6H5NO2/c1-4-12-13(5-2)15-8-9-16(11(3)21)20-18(15)17-14(12)7-6-10-19-17;1-4-12-9-10-16-14(6-3)13(5-2)15-8-7-11-19-17(15)18(16)20-12;8-7(9)6-4-2-1-3-5-6/h6-10H,4-5H2,1-3H3;7-11H,4-6H2,1-3H3;1-5H. The maximum Gasteiger partial charge on any atom is 0.269 e. The number of fused-ring (bicyclic) bond motifs is 6. The lowest BCUT2D eigenvalue weighted by Crippen LogP contribution is -2.02. The summed E-state index contributed by atoms with van der Waals surface area (Å²) in [6, 6.07) is 24.4. The molecule has 0 aliphatic heterocycles. The maximum absolute atomic E-state index is 11.6. The smallest absolute Gasteiger partial charge is 0.269 e. The number of nitro benzene ring substituents is 1. The Morgan fingerprint density at radius 2 is 1.02 bits per heavy atom. The molecule has 254 valence electrons. The number of hydrogen-bond donors (Lipinski definition) is 0. The zero-order chi connectivity index (χ0) is 35.8. The topological polar surface area (TPSA) is 112 Å². The number of pyridine rings is 4. The van der Waals surface area contributed by atoms with Gasteiger partial charge in [-0.3, -0.25) is 29.9 Å². The fourth-order valence-corrected chi connectivity index (χ4v) is 6.69. The number of aryl methyl sites for hydroxylation is 5. The van der Waals surface area contributed by atoms with Crippen LogP contribution in [0.4, 0.5) is 5.69 Å². The predicted molar refractivity (Wildman–Crippen MR) is 204 cm³/mol. The van der Waals surface area contributed by atoms with Gasteiger partial charge < -0.3 is 0 Å². The number of Topliss-reactive ketones (excluding diaryl/α,β-unsaturated/α-hetero) is 1. The van der Waals surface area contributed by atoms with Gasteiger partial charge >= 0.3 is 0 Å². The van der Waals surface area contributed by atoms with Crippen molar-refractivity contribution in [2.45, 2.75) is 73.6 Å². The normalized spacial score (nSPS) is 10.8. The summed E-state index contributed by atoms with van der Waals surface area (Å²) in [4.78, 5) is 39.8. The number of non-ortho nitro benzene ring substituents is 1. The van der Waals surface area contributed by atoms with Crippen LogP contribution in [0.15, 0.2) is 91.3 Å². The molecule has 8 heteroatoms. The van der Waals surface area contributed by atoms with Gasteiger partial charge in [0.05, 0.1) is 27.0 Å². The van der Waals surface area contributed by atoms with Crippen molar-refractivity contribution in [3.05, 3.63) is 135 Å². The van der Waals surface area contributed by atoms with Gasteiger partial charge in [-0.25, -0.2) is 4.98 Å². The Kier molecular flexibility index (Phi) is 11.5. The zero-order valence-corrected chi connectivity index (χ0v) is 29.7. The summed E-state index contributed by atoms with van der Waals surface area (Å²) >= 11 is 0. The summed E-state index contributed by atoms with van der Waals surface area (Å²) in [5.41, 5.74) is 11.1. The van der Waals surface area contributed by atoms with Gasteiger partial charge in [0.2, 0.25) is 0 Å². The van der Waals surface area contributed by atoms with Crippen molar-refractivity contribution in [1.82, 2.24) is 19.9 Å². The summed E-state index contributed by atoms with van der Waals surface area (Å²) < 4.78 is 0. The Morgan fingerprint density at radius 1 is 0.560 bits per heavy atom. The van der Waals surface area contributed by atoms with E-state index < -0.39 is 4.92 Å². The average molecular weight is 666 g/mol. The number of para-hydroxylation sites is 1. The Hall–Kier alpha value is -5.63. The molecule has 0 aliphatic carbocycles. The van der Waals surface area contributed by atoms with Crippen LogP contribution < -0.4 is 0 Å². The number of ketones is 1. The van der Waals surface area contributed by atoms with Crippen LogP contribution in [0.2, 0.25) is 0 Å². The van der Waals surface area contributed by atoms with Crippen LogP contribution in [0, 0.1) is 10.1 Å².